The van der Waals surface area contributed by atoms with Crippen LogP contribution in [0.2, 0.25) is 0 Å². The Hall–Kier alpha value is -6.58. The van der Waals surface area contributed by atoms with E-state index in [-0.39, 0.29) is 0 Å². The fourth-order valence-corrected chi connectivity index (χ4v) is 9.41. The van der Waals surface area contributed by atoms with Gasteiger partial charge in [0.05, 0.1) is 38.8 Å². The molecule has 0 saturated carbocycles. The Kier molecular flexibility index (Phi) is 5.55. The van der Waals surface area contributed by atoms with Crippen molar-refractivity contribution in [2.45, 2.75) is 19.8 Å². The van der Waals surface area contributed by atoms with Crippen molar-refractivity contribution in [3.05, 3.63) is 162 Å². The van der Waals surface area contributed by atoms with Crippen LogP contribution in [-0.4, -0.2) is 13.5 Å². The van der Waals surface area contributed by atoms with Crippen molar-refractivity contribution < 1.29 is 0 Å². The van der Waals surface area contributed by atoms with Crippen LogP contribution < -0.4 is 0 Å². The summed E-state index contributed by atoms with van der Waals surface area (Å²) in [6.07, 6.45) is 9.24. The first-order chi connectivity index (χ1) is 25.7. The first-order valence-corrected chi connectivity index (χ1v) is 18.3. The minimum absolute atomic E-state index is 1.05. The second kappa shape index (κ2) is 10.2. The lowest BCUT2D eigenvalue weighted by atomic mass is 10.0. The topological polar surface area (TPSA) is 14.3 Å². The summed E-state index contributed by atoms with van der Waals surface area (Å²) in [5, 5.41) is 11.6. The highest BCUT2D eigenvalue weighted by molar-refractivity contribution is 6.35. The Morgan fingerprint density at radius 1 is 0.481 bits per heavy atom. The molecule has 4 aromatic heterocycles. The molecule has 11 aromatic rings. The van der Waals surface area contributed by atoms with E-state index in [1.165, 1.54) is 110 Å². The van der Waals surface area contributed by atoms with Gasteiger partial charge in [-0.15, -0.1) is 0 Å². The summed E-state index contributed by atoms with van der Waals surface area (Å²) >= 11 is 0. The number of nitrogens with zero attached hydrogens (tertiary/aromatic N) is 3. The molecule has 4 heterocycles. The number of allylic oxidation sites excluding steroid dienone is 2. The van der Waals surface area contributed by atoms with Crippen LogP contribution in [0.15, 0.2) is 151 Å². The van der Waals surface area contributed by atoms with Gasteiger partial charge in [0.15, 0.2) is 0 Å². The van der Waals surface area contributed by atoms with E-state index >= 15 is 0 Å². The molecular weight excluding hydrogens is 631 g/mol. The monoisotopic (exact) mass is 663 g/mol. The van der Waals surface area contributed by atoms with E-state index in [4.69, 9.17) is 0 Å². The zero-order valence-electron chi connectivity index (χ0n) is 28.8. The highest BCUT2D eigenvalue weighted by Crippen LogP contribution is 2.47. The van der Waals surface area contributed by atoms with E-state index in [0.29, 0.717) is 0 Å². The molecule has 1 aliphatic carbocycles. The normalized spacial score (nSPS) is 15.4. The Morgan fingerprint density at radius 2 is 1.17 bits per heavy atom. The lowest BCUT2D eigenvalue weighted by Crippen LogP contribution is -1.98. The smallest absolute Gasteiger partial charge is 0.0642 e. The fourth-order valence-electron chi connectivity index (χ4n) is 9.41. The van der Waals surface area contributed by atoms with Crippen molar-refractivity contribution in [2.75, 3.05) is 0 Å². The third kappa shape index (κ3) is 3.64. The van der Waals surface area contributed by atoms with Gasteiger partial charge in [0.2, 0.25) is 0 Å². The van der Waals surface area contributed by atoms with Crippen LogP contribution in [-0.2, 0) is 0 Å². The van der Waals surface area contributed by atoms with Gasteiger partial charge in [-0.2, -0.15) is 0 Å². The van der Waals surface area contributed by atoms with Gasteiger partial charge in [0, 0.05) is 54.6 Å². The van der Waals surface area contributed by atoms with Crippen LogP contribution >= 0.6 is 0 Å². The SMILES string of the molecule is C/C1=C\c2c(c3cc(-n4c5ccccc5c5cc6c7ccccc7n7c8cc9ccccc9cc8c(c54)c67)ccc3n2-c2ccccc2)/C=C\CC1. The molecule has 0 N–H and O–H groups in total. The molecule has 7 aromatic carbocycles. The zero-order valence-corrected chi connectivity index (χ0v) is 28.8. The zero-order chi connectivity index (χ0) is 34.1. The molecule has 3 nitrogen and oxygen atoms in total. The molecule has 0 radical (unpaired) electrons. The molecule has 0 fully saturated rings. The summed E-state index contributed by atoms with van der Waals surface area (Å²) in [5.41, 5.74) is 13.8. The van der Waals surface area contributed by atoms with Crippen molar-refractivity contribution >= 4 is 93.7 Å². The Balaban J connectivity index is 1.27. The number of benzene rings is 7. The molecule has 0 aliphatic heterocycles. The maximum Gasteiger partial charge on any atom is 0.0642 e. The van der Waals surface area contributed by atoms with Gasteiger partial charge in [-0.3, -0.25) is 0 Å². The number of hydrogen-bond donors (Lipinski definition) is 0. The molecule has 0 unspecified atom stereocenters. The van der Waals surface area contributed by atoms with Crippen LogP contribution in [0.5, 0.6) is 0 Å². The lowest BCUT2D eigenvalue weighted by Gasteiger charge is -2.12. The van der Waals surface area contributed by atoms with Crippen molar-refractivity contribution in [3.63, 3.8) is 0 Å². The molecule has 52 heavy (non-hydrogen) atoms. The number of rotatable bonds is 2. The second-order valence-electron chi connectivity index (χ2n) is 14.6. The highest BCUT2D eigenvalue weighted by Gasteiger charge is 2.25. The summed E-state index contributed by atoms with van der Waals surface area (Å²) in [5.74, 6) is 0. The molecule has 0 saturated heterocycles. The van der Waals surface area contributed by atoms with Gasteiger partial charge in [-0.25, -0.2) is 0 Å². The fraction of sp³-hybridized carbons (Fsp3) is 0.0612. The van der Waals surface area contributed by atoms with Crippen LogP contribution in [0, 0.1) is 0 Å². The van der Waals surface area contributed by atoms with Crippen LogP contribution in [0.4, 0.5) is 0 Å². The van der Waals surface area contributed by atoms with Gasteiger partial charge in [-0.1, -0.05) is 96.6 Å². The predicted octanol–water partition coefficient (Wildman–Crippen LogP) is 13.2. The van der Waals surface area contributed by atoms with Crippen LogP contribution in [0.3, 0.4) is 0 Å². The third-order valence-electron chi connectivity index (χ3n) is 11.6. The number of fused-ring (bicyclic) bond motifs is 14. The Bertz CT molecular complexity index is 3340. The number of para-hydroxylation sites is 3. The van der Waals surface area contributed by atoms with E-state index in [0.717, 1.165) is 12.8 Å². The van der Waals surface area contributed by atoms with Crippen molar-refractivity contribution in [2.24, 2.45) is 0 Å². The largest absolute Gasteiger partial charge is 0.309 e. The van der Waals surface area contributed by atoms with Crippen LogP contribution in [0.1, 0.15) is 31.0 Å². The highest BCUT2D eigenvalue weighted by atomic mass is 15.0. The van der Waals surface area contributed by atoms with Crippen LogP contribution in [0.25, 0.3) is 105 Å². The van der Waals surface area contributed by atoms with E-state index in [2.05, 4.69) is 178 Å². The maximum absolute atomic E-state index is 2.55. The molecule has 3 heteroatoms. The van der Waals surface area contributed by atoms with E-state index in [1.54, 1.807) is 0 Å². The quantitative estimate of drug-likeness (QED) is 0.175. The molecule has 0 bridgehead atoms. The summed E-state index contributed by atoms with van der Waals surface area (Å²) in [4.78, 5) is 0. The van der Waals surface area contributed by atoms with Gasteiger partial charge in [0.1, 0.15) is 0 Å². The molecular formula is C49H33N3. The standard InChI is InChI=1S/C49H33N3/c1-30-13-5-8-18-35-38-28-34(23-24-44(38)50(45(35)25-30)33-16-3-2-4-17-33)51-42-21-11-9-19-36(42)39-29-40-37-20-10-12-22-43(37)52-46-27-32-15-7-6-14-31(32)26-41(46)47(48(39)51)49(40)52/h2-4,6-12,14-29H,5,13H2,1H3/b18-8-,30-25+. The molecule has 12 rings (SSSR count). The predicted molar refractivity (Wildman–Crippen MR) is 222 cm³/mol. The lowest BCUT2D eigenvalue weighted by molar-refractivity contribution is 0.981. The minimum atomic E-state index is 1.05. The minimum Gasteiger partial charge on any atom is -0.309 e. The average Bonchev–Trinajstić information content (AvgIpc) is 3.88. The van der Waals surface area contributed by atoms with Crippen molar-refractivity contribution in [3.8, 4) is 11.4 Å². The molecule has 244 valence electrons. The van der Waals surface area contributed by atoms with Gasteiger partial charge < -0.3 is 13.5 Å². The first kappa shape index (κ1) is 28.2. The van der Waals surface area contributed by atoms with Crippen molar-refractivity contribution in [1.82, 2.24) is 13.5 Å². The maximum atomic E-state index is 2.55. The summed E-state index contributed by atoms with van der Waals surface area (Å²) in [6.45, 7) is 2.27. The summed E-state index contributed by atoms with van der Waals surface area (Å²) in [7, 11) is 0. The Labute approximate surface area is 299 Å². The molecule has 0 atom stereocenters. The molecule has 0 amide bonds. The van der Waals surface area contributed by atoms with Crippen molar-refractivity contribution in [1.29, 1.82) is 0 Å². The van der Waals surface area contributed by atoms with E-state index in [1.807, 2.05) is 0 Å². The average molecular weight is 664 g/mol. The number of hydrogen-bond acceptors (Lipinski definition) is 0. The summed E-state index contributed by atoms with van der Waals surface area (Å²) in [6, 6.07) is 51.9. The van der Waals surface area contributed by atoms with Gasteiger partial charge in [-0.05, 0) is 97.3 Å². The van der Waals surface area contributed by atoms with Gasteiger partial charge in [0.25, 0.3) is 0 Å². The third-order valence-corrected chi connectivity index (χ3v) is 11.6. The summed E-state index contributed by atoms with van der Waals surface area (Å²) < 4.78 is 7.52. The van der Waals surface area contributed by atoms with E-state index < -0.39 is 0 Å². The first-order valence-electron chi connectivity index (χ1n) is 18.3. The number of aromatic nitrogens is 3. The molecule has 1 aliphatic rings. The van der Waals surface area contributed by atoms with Gasteiger partial charge >= 0.3 is 0 Å². The second-order valence-corrected chi connectivity index (χ2v) is 14.6. The Morgan fingerprint density at radius 3 is 2.02 bits per heavy atom. The van der Waals surface area contributed by atoms with E-state index in [9.17, 15) is 0 Å². The molecule has 0 spiro atoms.